The standard InChI is InChI=1S/C9H11ClF3NS/c1-2-14-7(9(11,12)13)5-6-3-4-8(10)15-6/h3-4,7,14H,2,5H2,1H3. The van der Waals surface area contributed by atoms with E-state index in [2.05, 4.69) is 5.32 Å². The van der Waals surface area contributed by atoms with Crippen LogP contribution in [0.4, 0.5) is 13.2 Å². The molecular formula is C9H11ClF3NS. The fourth-order valence-corrected chi connectivity index (χ4v) is 2.35. The molecule has 1 N–H and O–H groups in total. The van der Waals surface area contributed by atoms with Gasteiger partial charge in [0.1, 0.15) is 6.04 Å². The molecule has 1 aromatic rings. The van der Waals surface area contributed by atoms with Crippen molar-refractivity contribution in [2.24, 2.45) is 0 Å². The van der Waals surface area contributed by atoms with E-state index in [9.17, 15) is 13.2 Å². The molecule has 0 saturated carbocycles. The Morgan fingerprint density at radius 3 is 2.53 bits per heavy atom. The van der Waals surface area contributed by atoms with Gasteiger partial charge in [-0.1, -0.05) is 18.5 Å². The average molecular weight is 258 g/mol. The van der Waals surface area contributed by atoms with Crippen molar-refractivity contribution in [2.75, 3.05) is 6.54 Å². The van der Waals surface area contributed by atoms with Gasteiger partial charge in [-0.15, -0.1) is 11.3 Å². The summed E-state index contributed by atoms with van der Waals surface area (Å²) in [6.07, 6.45) is -4.28. The van der Waals surface area contributed by atoms with Crippen LogP contribution in [0, 0.1) is 0 Å². The van der Waals surface area contributed by atoms with Crippen molar-refractivity contribution in [2.45, 2.75) is 25.6 Å². The van der Waals surface area contributed by atoms with Crippen molar-refractivity contribution in [1.29, 1.82) is 0 Å². The van der Waals surface area contributed by atoms with E-state index in [0.717, 1.165) is 0 Å². The van der Waals surface area contributed by atoms with Crippen LogP contribution < -0.4 is 5.32 Å². The summed E-state index contributed by atoms with van der Waals surface area (Å²) in [6, 6.07) is 1.75. The monoisotopic (exact) mass is 257 g/mol. The van der Waals surface area contributed by atoms with E-state index in [1.54, 1.807) is 19.1 Å². The zero-order chi connectivity index (χ0) is 11.5. The van der Waals surface area contributed by atoms with E-state index in [1.807, 2.05) is 0 Å². The molecule has 1 heterocycles. The van der Waals surface area contributed by atoms with E-state index in [1.165, 1.54) is 11.3 Å². The number of hydrogen-bond donors (Lipinski definition) is 1. The maximum atomic E-state index is 12.5. The van der Waals surface area contributed by atoms with E-state index in [-0.39, 0.29) is 6.42 Å². The number of thiophene rings is 1. The molecule has 1 atom stereocenters. The molecule has 1 aromatic heterocycles. The molecule has 0 bridgehead atoms. The Kier molecular flexibility index (Phi) is 4.43. The molecule has 0 aromatic carbocycles. The van der Waals surface area contributed by atoms with Crippen molar-refractivity contribution in [3.8, 4) is 0 Å². The maximum absolute atomic E-state index is 12.5. The molecule has 6 heteroatoms. The zero-order valence-electron chi connectivity index (χ0n) is 8.07. The summed E-state index contributed by atoms with van der Waals surface area (Å²) in [5, 5.41) is 2.42. The number of nitrogens with one attached hydrogen (secondary N) is 1. The summed E-state index contributed by atoms with van der Waals surface area (Å²) < 4.78 is 38.0. The first-order valence-electron chi connectivity index (χ1n) is 4.47. The van der Waals surface area contributed by atoms with Gasteiger partial charge >= 0.3 is 6.18 Å². The van der Waals surface area contributed by atoms with E-state index in [0.29, 0.717) is 15.8 Å². The second kappa shape index (κ2) is 5.18. The van der Waals surface area contributed by atoms with Crippen molar-refractivity contribution in [3.63, 3.8) is 0 Å². The Morgan fingerprint density at radius 2 is 2.13 bits per heavy atom. The fraction of sp³-hybridized carbons (Fsp3) is 0.556. The van der Waals surface area contributed by atoms with Crippen LogP contribution in [0.5, 0.6) is 0 Å². The Labute approximate surface area is 95.2 Å². The van der Waals surface area contributed by atoms with Gasteiger partial charge in [0.05, 0.1) is 4.34 Å². The van der Waals surface area contributed by atoms with Crippen LogP contribution in [-0.4, -0.2) is 18.8 Å². The number of rotatable bonds is 4. The Balaban J connectivity index is 2.66. The van der Waals surface area contributed by atoms with Crippen LogP contribution >= 0.6 is 22.9 Å². The molecule has 1 nitrogen and oxygen atoms in total. The van der Waals surface area contributed by atoms with Crippen LogP contribution in [0.25, 0.3) is 0 Å². The third kappa shape index (κ3) is 4.01. The highest BCUT2D eigenvalue weighted by molar-refractivity contribution is 7.16. The molecule has 0 fully saturated rings. The summed E-state index contributed by atoms with van der Waals surface area (Å²) in [6.45, 7) is 1.95. The minimum atomic E-state index is -4.22. The minimum Gasteiger partial charge on any atom is -0.306 e. The molecule has 0 saturated heterocycles. The molecule has 0 aliphatic heterocycles. The Bertz CT molecular complexity index is 311. The highest BCUT2D eigenvalue weighted by atomic mass is 35.5. The molecule has 0 radical (unpaired) electrons. The third-order valence-corrected chi connectivity index (χ3v) is 3.13. The van der Waals surface area contributed by atoms with E-state index >= 15 is 0 Å². The summed E-state index contributed by atoms with van der Waals surface area (Å²) in [5.74, 6) is 0. The van der Waals surface area contributed by atoms with Crippen molar-refractivity contribution in [3.05, 3.63) is 21.3 Å². The maximum Gasteiger partial charge on any atom is 0.404 e. The summed E-state index contributed by atoms with van der Waals surface area (Å²) in [4.78, 5) is 0.642. The number of alkyl halides is 3. The highest BCUT2D eigenvalue weighted by Gasteiger charge is 2.39. The first-order valence-corrected chi connectivity index (χ1v) is 5.67. The smallest absolute Gasteiger partial charge is 0.306 e. The number of likely N-dealkylation sites (N-methyl/N-ethyl adjacent to an activating group) is 1. The topological polar surface area (TPSA) is 12.0 Å². The highest BCUT2D eigenvalue weighted by Crippen LogP contribution is 2.27. The largest absolute Gasteiger partial charge is 0.404 e. The van der Waals surface area contributed by atoms with Crippen LogP contribution in [0.1, 0.15) is 11.8 Å². The van der Waals surface area contributed by atoms with Crippen LogP contribution in [-0.2, 0) is 6.42 Å². The van der Waals surface area contributed by atoms with Gasteiger partial charge in [-0.05, 0) is 18.7 Å². The van der Waals surface area contributed by atoms with Crippen molar-refractivity contribution >= 4 is 22.9 Å². The summed E-state index contributed by atoms with van der Waals surface area (Å²) in [7, 11) is 0. The SMILES string of the molecule is CCNC(Cc1ccc(Cl)s1)C(F)(F)F. The third-order valence-electron chi connectivity index (χ3n) is 1.88. The van der Waals surface area contributed by atoms with Gasteiger partial charge < -0.3 is 5.32 Å². The quantitative estimate of drug-likeness (QED) is 0.871. The molecule has 0 spiro atoms. The van der Waals surface area contributed by atoms with Crippen molar-refractivity contribution < 1.29 is 13.2 Å². The minimum absolute atomic E-state index is 0.0608. The summed E-state index contributed by atoms with van der Waals surface area (Å²) >= 11 is 6.84. The molecule has 1 rings (SSSR count). The predicted molar refractivity (Wildman–Crippen MR) is 56.6 cm³/mol. The van der Waals surface area contributed by atoms with E-state index < -0.39 is 12.2 Å². The van der Waals surface area contributed by atoms with Gasteiger partial charge in [0, 0.05) is 11.3 Å². The van der Waals surface area contributed by atoms with Crippen LogP contribution in [0.3, 0.4) is 0 Å². The zero-order valence-corrected chi connectivity index (χ0v) is 9.64. The van der Waals surface area contributed by atoms with Gasteiger partial charge in [-0.3, -0.25) is 0 Å². The van der Waals surface area contributed by atoms with Crippen LogP contribution in [0.2, 0.25) is 4.34 Å². The second-order valence-corrected chi connectivity index (χ2v) is 4.86. The van der Waals surface area contributed by atoms with Gasteiger partial charge in [-0.25, -0.2) is 0 Å². The molecule has 0 amide bonds. The lowest BCUT2D eigenvalue weighted by Crippen LogP contribution is -2.43. The summed E-state index contributed by atoms with van der Waals surface area (Å²) in [5.41, 5.74) is 0. The number of halogens is 4. The first kappa shape index (κ1) is 12.8. The van der Waals surface area contributed by atoms with E-state index in [4.69, 9.17) is 11.6 Å². The molecular weight excluding hydrogens is 247 g/mol. The molecule has 86 valence electrons. The lowest BCUT2D eigenvalue weighted by atomic mass is 10.1. The molecule has 0 aliphatic rings. The molecule has 1 unspecified atom stereocenters. The molecule has 15 heavy (non-hydrogen) atoms. The molecule has 0 aliphatic carbocycles. The number of hydrogen-bond acceptors (Lipinski definition) is 2. The van der Waals surface area contributed by atoms with Gasteiger partial charge in [0.2, 0.25) is 0 Å². The Hall–Kier alpha value is -0.260. The van der Waals surface area contributed by atoms with Gasteiger partial charge in [0.15, 0.2) is 0 Å². The van der Waals surface area contributed by atoms with Gasteiger partial charge in [-0.2, -0.15) is 13.2 Å². The lowest BCUT2D eigenvalue weighted by molar-refractivity contribution is -0.155. The van der Waals surface area contributed by atoms with Gasteiger partial charge in [0.25, 0.3) is 0 Å². The van der Waals surface area contributed by atoms with Crippen molar-refractivity contribution in [1.82, 2.24) is 5.32 Å². The second-order valence-electron chi connectivity index (χ2n) is 3.06. The average Bonchev–Trinajstić information content (AvgIpc) is 2.49. The fourth-order valence-electron chi connectivity index (χ4n) is 1.21. The Morgan fingerprint density at radius 1 is 1.47 bits per heavy atom. The lowest BCUT2D eigenvalue weighted by Gasteiger charge is -2.20. The first-order chi connectivity index (χ1) is 6.93. The van der Waals surface area contributed by atoms with Crippen LogP contribution in [0.15, 0.2) is 12.1 Å². The predicted octanol–water partition coefficient (Wildman–Crippen LogP) is 3.48. The normalized spacial score (nSPS) is 14.2.